The topological polar surface area (TPSA) is 24.9 Å². The van der Waals surface area contributed by atoms with Crippen LogP contribution in [0.4, 0.5) is 0 Å². The van der Waals surface area contributed by atoms with E-state index in [0.717, 1.165) is 23.7 Å². The lowest BCUT2D eigenvalue weighted by molar-refractivity contribution is 0.628. The smallest absolute Gasteiger partial charge is 0.0758 e. The van der Waals surface area contributed by atoms with Gasteiger partial charge in [-0.05, 0) is 31.5 Å². The molecule has 1 N–H and O–H groups in total. The second kappa shape index (κ2) is 3.42. The van der Waals surface area contributed by atoms with E-state index in [-0.39, 0.29) is 0 Å². The average Bonchev–Trinajstić information content (AvgIpc) is 2.57. The van der Waals surface area contributed by atoms with Crippen LogP contribution in [-0.4, -0.2) is 11.5 Å². The molecule has 1 aromatic rings. The van der Waals surface area contributed by atoms with Crippen molar-refractivity contribution in [2.75, 3.05) is 6.54 Å². The van der Waals surface area contributed by atoms with Crippen LogP contribution in [-0.2, 0) is 0 Å². The molecule has 64 valence electrons. The predicted molar refractivity (Wildman–Crippen MR) is 49.2 cm³/mol. The molecule has 1 fully saturated rings. The highest BCUT2D eigenvalue weighted by Gasteiger charge is 2.19. The molecule has 12 heavy (non-hydrogen) atoms. The molecule has 0 unspecified atom stereocenters. The first-order chi connectivity index (χ1) is 5.88. The molecule has 2 rings (SSSR count). The lowest BCUT2D eigenvalue weighted by Gasteiger charge is -2.09. The number of nitrogens with one attached hydrogen (secondary N) is 1. The van der Waals surface area contributed by atoms with Crippen LogP contribution in [0.5, 0.6) is 0 Å². The van der Waals surface area contributed by atoms with Gasteiger partial charge in [-0.1, -0.05) is 11.6 Å². The molecule has 1 atom stereocenters. The molecular formula is C9H11ClN2. The first-order valence-electron chi connectivity index (χ1n) is 4.22. The van der Waals surface area contributed by atoms with Gasteiger partial charge >= 0.3 is 0 Å². The Balaban J connectivity index is 2.26. The minimum absolute atomic E-state index is 0.374. The van der Waals surface area contributed by atoms with Gasteiger partial charge in [0.25, 0.3) is 0 Å². The van der Waals surface area contributed by atoms with Crippen molar-refractivity contribution in [1.82, 2.24) is 10.3 Å². The number of hydrogen-bond donors (Lipinski definition) is 1. The van der Waals surface area contributed by atoms with E-state index in [4.69, 9.17) is 11.6 Å². The van der Waals surface area contributed by atoms with Gasteiger partial charge in [0.2, 0.25) is 0 Å². The summed E-state index contributed by atoms with van der Waals surface area (Å²) in [5.74, 6) is 0. The summed E-state index contributed by atoms with van der Waals surface area (Å²) in [6.07, 6.45) is 4.16. The summed E-state index contributed by atoms with van der Waals surface area (Å²) < 4.78 is 0. The average molecular weight is 183 g/mol. The van der Waals surface area contributed by atoms with Crippen molar-refractivity contribution in [3.63, 3.8) is 0 Å². The molecule has 0 spiro atoms. The Kier molecular flexibility index (Phi) is 2.28. The van der Waals surface area contributed by atoms with E-state index in [1.807, 2.05) is 12.1 Å². The molecule has 0 bridgehead atoms. The second-order valence-electron chi connectivity index (χ2n) is 3.02. The minimum atomic E-state index is 0.374. The third-order valence-corrected chi connectivity index (χ3v) is 2.50. The number of halogens is 1. The number of aromatic nitrogens is 1. The van der Waals surface area contributed by atoms with Crippen molar-refractivity contribution in [3.8, 4) is 0 Å². The molecule has 1 aromatic heterocycles. The van der Waals surface area contributed by atoms with Gasteiger partial charge in [-0.3, -0.25) is 4.98 Å². The van der Waals surface area contributed by atoms with Crippen LogP contribution in [0.25, 0.3) is 0 Å². The van der Waals surface area contributed by atoms with Gasteiger partial charge in [0.05, 0.1) is 16.8 Å². The monoisotopic (exact) mass is 182 g/mol. The lowest BCUT2D eigenvalue weighted by Crippen LogP contribution is -2.14. The zero-order chi connectivity index (χ0) is 8.39. The van der Waals surface area contributed by atoms with Crippen LogP contribution in [0.15, 0.2) is 18.3 Å². The summed E-state index contributed by atoms with van der Waals surface area (Å²) >= 11 is 6.00. The van der Waals surface area contributed by atoms with Crippen LogP contribution in [0.3, 0.4) is 0 Å². The van der Waals surface area contributed by atoms with Crippen molar-refractivity contribution >= 4 is 11.6 Å². The van der Waals surface area contributed by atoms with E-state index in [9.17, 15) is 0 Å². The van der Waals surface area contributed by atoms with Crippen molar-refractivity contribution in [2.24, 2.45) is 0 Å². The van der Waals surface area contributed by atoms with E-state index in [2.05, 4.69) is 10.3 Å². The Morgan fingerprint density at radius 3 is 3.17 bits per heavy atom. The van der Waals surface area contributed by atoms with E-state index < -0.39 is 0 Å². The fraction of sp³-hybridized carbons (Fsp3) is 0.444. The summed E-state index contributed by atoms with van der Waals surface area (Å²) in [6, 6.07) is 4.13. The third-order valence-electron chi connectivity index (χ3n) is 2.18. The SMILES string of the molecule is Clc1cccnc1[C@H]1CCCN1. The molecule has 0 aromatic carbocycles. The van der Waals surface area contributed by atoms with Crippen LogP contribution in [0.1, 0.15) is 24.6 Å². The van der Waals surface area contributed by atoms with Crippen molar-refractivity contribution < 1.29 is 0 Å². The normalized spacial score (nSPS) is 22.9. The van der Waals surface area contributed by atoms with Gasteiger partial charge < -0.3 is 5.32 Å². The van der Waals surface area contributed by atoms with Crippen LogP contribution >= 0.6 is 11.6 Å². The summed E-state index contributed by atoms with van der Waals surface area (Å²) in [6.45, 7) is 1.08. The fourth-order valence-electron chi connectivity index (χ4n) is 1.57. The van der Waals surface area contributed by atoms with Crippen molar-refractivity contribution in [1.29, 1.82) is 0 Å². The second-order valence-corrected chi connectivity index (χ2v) is 3.43. The van der Waals surface area contributed by atoms with Crippen LogP contribution in [0.2, 0.25) is 5.02 Å². The quantitative estimate of drug-likeness (QED) is 0.720. The first-order valence-corrected chi connectivity index (χ1v) is 4.59. The highest BCUT2D eigenvalue weighted by Crippen LogP contribution is 2.26. The molecule has 0 saturated carbocycles. The largest absolute Gasteiger partial charge is 0.309 e. The highest BCUT2D eigenvalue weighted by molar-refractivity contribution is 6.31. The van der Waals surface area contributed by atoms with Gasteiger partial charge in [0.15, 0.2) is 0 Å². The van der Waals surface area contributed by atoms with Gasteiger partial charge in [-0.15, -0.1) is 0 Å². The van der Waals surface area contributed by atoms with Crippen molar-refractivity contribution in [3.05, 3.63) is 29.0 Å². The number of rotatable bonds is 1. The van der Waals surface area contributed by atoms with E-state index in [0.29, 0.717) is 6.04 Å². The predicted octanol–water partition coefficient (Wildman–Crippen LogP) is 2.16. The number of nitrogens with zero attached hydrogens (tertiary/aromatic N) is 1. The summed E-state index contributed by atoms with van der Waals surface area (Å²) in [5, 5.41) is 4.14. The van der Waals surface area contributed by atoms with Crippen molar-refractivity contribution in [2.45, 2.75) is 18.9 Å². The molecule has 1 aliphatic rings. The Morgan fingerprint density at radius 1 is 1.58 bits per heavy atom. The van der Waals surface area contributed by atoms with E-state index in [1.165, 1.54) is 6.42 Å². The number of hydrogen-bond acceptors (Lipinski definition) is 2. The fourth-order valence-corrected chi connectivity index (χ4v) is 1.83. The molecule has 1 saturated heterocycles. The minimum Gasteiger partial charge on any atom is -0.309 e. The highest BCUT2D eigenvalue weighted by atomic mass is 35.5. The molecule has 2 nitrogen and oxygen atoms in total. The van der Waals surface area contributed by atoms with Crippen LogP contribution in [0, 0.1) is 0 Å². The summed E-state index contributed by atoms with van der Waals surface area (Å²) in [7, 11) is 0. The zero-order valence-corrected chi connectivity index (χ0v) is 7.51. The molecule has 0 aliphatic carbocycles. The van der Waals surface area contributed by atoms with E-state index in [1.54, 1.807) is 6.20 Å². The van der Waals surface area contributed by atoms with Gasteiger partial charge in [-0.25, -0.2) is 0 Å². The molecule has 0 amide bonds. The maximum absolute atomic E-state index is 6.00. The van der Waals surface area contributed by atoms with Crippen LogP contribution < -0.4 is 5.32 Å². The summed E-state index contributed by atoms with van der Waals surface area (Å²) in [5.41, 5.74) is 0.997. The van der Waals surface area contributed by atoms with Gasteiger partial charge in [-0.2, -0.15) is 0 Å². The molecular weight excluding hydrogens is 172 g/mol. The van der Waals surface area contributed by atoms with Gasteiger partial charge in [0.1, 0.15) is 0 Å². The maximum Gasteiger partial charge on any atom is 0.0758 e. The Hall–Kier alpha value is -0.600. The van der Waals surface area contributed by atoms with Gasteiger partial charge in [0, 0.05) is 6.20 Å². The third kappa shape index (κ3) is 1.45. The Morgan fingerprint density at radius 2 is 2.50 bits per heavy atom. The van der Waals surface area contributed by atoms with E-state index >= 15 is 0 Å². The first kappa shape index (κ1) is 8.02. The number of pyridine rings is 1. The Labute approximate surface area is 77.0 Å². The molecule has 0 radical (unpaired) electrons. The standard InChI is InChI=1S/C9H11ClN2/c10-7-3-1-6-12-9(7)8-4-2-5-11-8/h1,3,6,8,11H,2,4-5H2/t8-/m1/s1. The Bertz CT molecular complexity index is 269. The zero-order valence-electron chi connectivity index (χ0n) is 6.76. The summed E-state index contributed by atoms with van der Waals surface area (Å²) in [4.78, 5) is 4.27. The molecule has 1 aliphatic heterocycles. The maximum atomic E-state index is 6.00. The lowest BCUT2D eigenvalue weighted by atomic mass is 10.1. The molecule has 3 heteroatoms. The molecule has 2 heterocycles.